The summed E-state index contributed by atoms with van der Waals surface area (Å²) in [5, 5.41) is 0.793. The second-order valence-corrected chi connectivity index (χ2v) is 6.29. The summed E-state index contributed by atoms with van der Waals surface area (Å²) in [5.41, 5.74) is 2.02. The summed E-state index contributed by atoms with van der Waals surface area (Å²) in [7, 11) is 1.59. The summed E-state index contributed by atoms with van der Waals surface area (Å²) in [5.74, 6) is 0.687. The van der Waals surface area contributed by atoms with E-state index in [1.165, 1.54) is 0 Å². The fourth-order valence-electron chi connectivity index (χ4n) is 3.01. The summed E-state index contributed by atoms with van der Waals surface area (Å²) < 4.78 is 21.2. The molecule has 0 fully saturated rings. The molecule has 0 saturated carbocycles. The lowest BCUT2D eigenvalue weighted by molar-refractivity contribution is -0.150. The highest BCUT2D eigenvalue weighted by Crippen LogP contribution is 2.30. The van der Waals surface area contributed by atoms with Crippen LogP contribution < -0.4 is 15.1 Å². The van der Waals surface area contributed by atoms with Crippen molar-refractivity contribution in [1.82, 2.24) is 0 Å². The second-order valence-electron chi connectivity index (χ2n) is 6.29. The van der Waals surface area contributed by atoms with Crippen LogP contribution in [0.4, 0.5) is 0 Å². The Morgan fingerprint density at radius 3 is 2.43 bits per heavy atom. The molecule has 1 aromatic heterocycles. The van der Waals surface area contributed by atoms with Crippen LogP contribution in [0.15, 0.2) is 51.7 Å². The van der Waals surface area contributed by atoms with Gasteiger partial charge in [-0.1, -0.05) is 12.1 Å². The number of esters is 1. The first-order valence-corrected chi connectivity index (χ1v) is 8.99. The Morgan fingerprint density at radius 1 is 1.11 bits per heavy atom. The Kier molecular flexibility index (Phi) is 5.68. The SMILES string of the molecule is CCOC(=O)[C@@H](C)Oc1ccc2c(C)c(-c3ccc(OC)cc3)c(=O)oc2c1. The lowest BCUT2D eigenvalue weighted by atomic mass is 9.99. The molecule has 1 atom stereocenters. The number of fused-ring (bicyclic) bond motifs is 1. The second kappa shape index (κ2) is 8.17. The molecule has 6 nitrogen and oxygen atoms in total. The van der Waals surface area contributed by atoms with Gasteiger partial charge in [-0.3, -0.25) is 0 Å². The van der Waals surface area contributed by atoms with Crippen molar-refractivity contribution in [3.05, 3.63) is 58.4 Å². The molecule has 0 saturated heterocycles. The average Bonchev–Trinajstić information content (AvgIpc) is 2.68. The van der Waals surface area contributed by atoms with E-state index in [1.54, 1.807) is 45.2 Å². The van der Waals surface area contributed by atoms with Crippen LogP contribution in [0.2, 0.25) is 0 Å². The topological polar surface area (TPSA) is 75.0 Å². The number of ether oxygens (including phenoxy) is 3. The zero-order valence-corrected chi connectivity index (χ0v) is 16.3. The van der Waals surface area contributed by atoms with Crippen LogP contribution in [-0.2, 0) is 9.53 Å². The standard InChI is InChI=1S/C22H22O6/c1-5-26-21(23)14(3)27-17-10-11-18-13(2)20(22(24)28-19(18)12-17)15-6-8-16(25-4)9-7-15/h6-12,14H,5H2,1-4H3/t14-/m1/s1. The minimum Gasteiger partial charge on any atom is -0.497 e. The van der Waals surface area contributed by atoms with Crippen LogP contribution in [0, 0.1) is 6.92 Å². The van der Waals surface area contributed by atoms with Crippen molar-refractivity contribution >= 4 is 16.9 Å². The van der Waals surface area contributed by atoms with Crippen LogP contribution in [0.1, 0.15) is 19.4 Å². The van der Waals surface area contributed by atoms with Gasteiger partial charge in [0, 0.05) is 11.5 Å². The van der Waals surface area contributed by atoms with E-state index in [4.69, 9.17) is 18.6 Å². The zero-order chi connectivity index (χ0) is 20.3. The molecule has 0 aliphatic heterocycles. The predicted octanol–water partition coefficient (Wildman–Crippen LogP) is 4.11. The average molecular weight is 382 g/mol. The first kappa shape index (κ1) is 19.5. The fraction of sp³-hybridized carbons (Fsp3) is 0.273. The molecule has 0 unspecified atom stereocenters. The number of hydrogen-bond donors (Lipinski definition) is 0. The Morgan fingerprint density at radius 2 is 1.79 bits per heavy atom. The minimum absolute atomic E-state index is 0.284. The quantitative estimate of drug-likeness (QED) is 0.472. The van der Waals surface area contributed by atoms with Gasteiger partial charge in [0.2, 0.25) is 0 Å². The van der Waals surface area contributed by atoms with E-state index in [-0.39, 0.29) is 6.61 Å². The molecule has 1 heterocycles. The smallest absolute Gasteiger partial charge is 0.347 e. The maximum atomic E-state index is 12.6. The van der Waals surface area contributed by atoms with Crippen LogP contribution in [-0.4, -0.2) is 25.8 Å². The number of aryl methyl sites for hydroxylation is 1. The Bertz CT molecular complexity index is 1050. The van der Waals surface area contributed by atoms with Crippen LogP contribution in [0.25, 0.3) is 22.1 Å². The lowest BCUT2D eigenvalue weighted by Crippen LogP contribution is -2.26. The fourth-order valence-corrected chi connectivity index (χ4v) is 3.01. The van der Waals surface area contributed by atoms with Crippen molar-refractivity contribution < 1.29 is 23.4 Å². The highest BCUT2D eigenvalue weighted by Gasteiger charge is 2.18. The third kappa shape index (κ3) is 3.86. The van der Waals surface area contributed by atoms with Gasteiger partial charge < -0.3 is 18.6 Å². The largest absolute Gasteiger partial charge is 0.497 e. The molecule has 0 bridgehead atoms. The molecule has 0 radical (unpaired) electrons. The van der Waals surface area contributed by atoms with Crippen molar-refractivity contribution in [1.29, 1.82) is 0 Å². The van der Waals surface area contributed by atoms with Crippen molar-refractivity contribution in [2.24, 2.45) is 0 Å². The van der Waals surface area contributed by atoms with Gasteiger partial charge in [-0.25, -0.2) is 9.59 Å². The maximum absolute atomic E-state index is 12.6. The first-order valence-electron chi connectivity index (χ1n) is 8.99. The number of rotatable bonds is 6. The Labute approximate surface area is 162 Å². The molecule has 0 N–H and O–H groups in total. The number of hydrogen-bond acceptors (Lipinski definition) is 6. The molecule has 0 aliphatic carbocycles. The van der Waals surface area contributed by atoms with Crippen molar-refractivity contribution in [3.63, 3.8) is 0 Å². The monoisotopic (exact) mass is 382 g/mol. The zero-order valence-electron chi connectivity index (χ0n) is 16.3. The van der Waals surface area contributed by atoms with Crippen molar-refractivity contribution in [2.75, 3.05) is 13.7 Å². The van der Waals surface area contributed by atoms with Gasteiger partial charge in [-0.05, 0) is 56.2 Å². The van der Waals surface area contributed by atoms with Crippen molar-refractivity contribution in [3.8, 4) is 22.6 Å². The normalized spacial score (nSPS) is 11.9. The number of methoxy groups -OCH3 is 1. The van der Waals surface area contributed by atoms with Gasteiger partial charge in [0.25, 0.3) is 0 Å². The van der Waals surface area contributed by atoms with Gasteiger partial charge >= 0.3 is 11.6 Å². The van der Waals surface area contributed by atoms with Gasteiger partial charge in [0.15, 0.2) is 6.10 Å². The third-order valence-electron chi connectivity index (χ3n) is 4.45. The summed E-state index contributed by atoms with van der Waals surface area (Å²) in [4.78, 5) is 24.4. The molecule has 0 spiro atoms. The van der Waals surface area contributed by atoms with E-state index in [0.29, 0.717) is 22.6 Å². The molecule has 0 amide bonds. The van der Waals surface area contributed by atoms with E-state index in [1.807, 2.05) is 25.1 Å². The first-order chi connectivity index (χ1) is 13.4. The Balaban J connectivity index is 1.98. The summed E-state index contributed by atoms with van der Waals surface area (Å²) in [6.45, 7) is 5.50. The minimum atomic E-state index is -0.760. The van der Waals surface area contributed by atoms with Gasteiger partial charge in [-0.15, -0.1) is 0 Å². The molecule has 3 aromatic rings. The van der Waals surface area contributed by atoms with E-state index in [2.05, 4.69) is 0 Å². The Hall–Kier alpha value is -3.28. The predicted molar refractivity (Wildman–Crippen MR) is 106 cm³/mol. The van der Waals surface area contributed by atoms with Crippen LogP contribution in [0.3, 0.4) is 0 Å². The van der Waals surface area contributed by atoms with Gasteiger partial charge in [-0.2, -0.15) is 0 Å². The molecule has 0 aliphatic rings. The molecule has 2 aromatic carbocycles. The highest BCUT2D eigenvalue weighted by molar-refractivity contribution is 5.87. The van der Waals surface area contributed by atoms with E-state index in [0.717, 1.165) is 16.5 Å². The molecule has 3 rings (SSSR count). The lowest BCUT2D eigenvalue weighted by Gasteiger charge is -2.14. The van der Waals surface area contributed by atoms with Gasteiger partial charge in [0.05, 0.1) is 19.3 Å². The van der Waals surface area contributed by atoms with E-state index >= 15 is 0 Å². The summed E-state index contributed by atoms with van der Waals surface area (Å²) in [6.07, 6.45) is -0.760. The number of benzene rings is 2. The highest BCUT2D eigenvalue weighted by atomic mass is 16.6. The molecular formula is C22H22O6. The summed E-state index contributed by atoms with van der Waals surface area (Å²) >= 11 is 0. The number of carbonyl (C=O) groups is 1. The molecule has 6 heteroatoms. The van der Waals surface area contributed by atoms with Crippen molar-refractivity contribution in [2.45, 2.75) is 26.9 Å². The third-order valence-corrected chi connectivity index (χ3v) is 4.45. The van der Waals surface area contributed by atoms with Gasteiger partial charge in [0.1, 0.15) is 17.1 Å². The van der Waals surface area contributed by atoms with Crippen LogP contribution >= 0.6 is 0 Å². The molecular weight excluding hydrogens is 360 g/mol. The summed E-state index contributed by atoms with van der Waals surface area (Å²) in [6, 6.07) is 12.4. The van der Waals surface area contributed by atoms with E-state index in [9.17, 15) is 9.59 Å². The van der Waals surface area contributed by atoms with E-state index < -0.39 is 17.7 Å². The molecule has 146 valence electrons. The maximum Gasteiger partial charge on any atom is 0.347 e. The van der Waals surface area contributed by atoms with Crippen LogP contribution in [0.5, 0.6) is 11.5 Å². The number of carbonyl (C=O) groups excluding carboxylic acids is 1. The molecule has 28 heavy (non-hydrogen) atoms.